The zero-order chi connectivity index (χ0) is 17.3. The van der Waals surface area contributed by atoms with E-state index in [2.05, 4.69) is 42.3 Å². The molecule has 0 aromatic heterocycles. The Hall–Kier alpha value is -1.84. The first-order valence-corrected chi connectivity index (χ1v) is 9.63. The van der Waals surface area contributed by atoms with Gasteiger partial charge >= 0.3 is 0 Å². The number of rotatable bonds is 2. The van der Waals surface area contributed by atoms with Crippen molar-refractivity contribution in [3.8, 4) is 0 Å². The van der Waals surface area contributed by atoms with Crippen LogP contribution in [-0.2, 0) is 9.59 Å². The average Bonchev–Trinajstić information content (AvgIpc) is 2.91. The highest BCUT2D eigenvalue weighted by Gasteiger charge is 2.59. The van der Waals surface area contributed by atoms with Crippen molar-refractivity contribution >= 4 is 11.8 Å². The Kier molecular flexibility index (Phi) is 3.14. The van der Waals surface area contributed by atoms with Gasteiger partial charge in [0.25, 0.3) is 0 Å². The first kappa shape index (κ1) is 15.4. The van der Waals surface area contributed by atoms with E-state index in [1.165, 1.54) is 16.7 Å². The number of fused-ring (bicyclic) bond motifs is 1. The molecule has 1 spiro atoms. The molecular weight excluding hydrogens is 312 g/mol. The summed E-state index contributed by atoms with van der Waals surface area (Å²) in [5, 5.41) is 3.09. The number of nitrogens with one attached hydrogen (secondary N) is 1. The van der Waals surface area contributed by atoms with Crippen LogP contribution < -0.4 is 5.32 Å². The maximum atomic E-state index is 12.8. The fourth-order valence-electron chi connectivity index (χ4n) is 5.57. The molecule has 1 N–H and O–H groups in total. The monoisotopic (exact) mass is 338 g/mol. The van der Waals surface area contributed by atoms with Gasteiger partial charge in [0.1, 0.15) is 0 Å². The minimum atomic E-state index is -0.0397. The quantitative estimate of drug-likeness (QED) is 0.901. The van der Waals surface area contributed by atoms with Gasteiger partial charge in [-0.2, -0.15) is 0 Å². The molecule has 1 aromatic rings. The SMILES string of the molecule is Cc1ccc(C2C3CN(C(=O)C4CC5(CCC(=O)N5)C4)C[C@H]32)cc1C. The summed E-state index contributed by atoms with van der Waals surface area (Å²) in [5.74, 6) is 2.60. The Balaban J connectivity index is 1.18. The number of carbonyl (C=O) groups excluding carboxylic acids is 2. The number of amides is 2. The summed E-state index contributed by atoms with van der Waals surface area (Å²) in [7, 11) is 0. The molecule has 2 saturated carbocycles. The molecule has 0 radical (unpaired) electrons. The van der Waals surface area contributed by atoms with Crippen LogP contribution in [0.3, 0.4) is 0 Å². The molecule has 5 rings (SSSR count). The molecule has 2 amide bonds. The molecule has 2 heterocycles. The lowest BCUT2D eigenvalue weighted by atomic mass is 9.67. The van der Waals surface area contributed by atoms with E-state index in [0.29, 0.717) is 30.1 Å². The highest BCUT2D eigenvalue weighted by Crippen LogP contribution is 2.59. The number of benzene rings is 1. The van der Waals surface area contributed by atoms with Gasteiger partial charge < -0.3 is 10.2 Å². The number of carbonyl (C=O) groups is 2. The van der Waals surface area contributed by atoms with Gasteiger partial charge in [0, 0.05) is 31.0 Å². The summed E-state index contributed by atoms with van der Waals surface area (Å²) < 4.78 is 0. The topological polar surface area (TPSA) is 49.4 Å². The molecule has 2 unspecified atom stereocenters. The highest BCUT2D eigenvalue weighted by atomic mass is 16.2. The molecule has 25 heavy (non-hydrogen) atoms. The number of nitrogens with zero attached hydrogens (tertiary/aromatic N) is 1. The second-order valence-electron chi connectivity index (χ2n) is 8.87. The second kappa shape index (κ2) is 5.09. The lowest BCUT2D eigenvalue weighted by molar-refractivity contribution is -0.141. The third-order valence-electron chi connectivity index (χ3n) is 7.28. The molecule has 2 saturated heterocycles. The van der Waals surface area contributed by atoms with Crippen LogP contribution in [0.15, 0.2) is 18.2 Å². The summed E-state index contributed by atoms with van der Waals surface area (Å²) in [6.45, 7) is 6.19. The van der Waals surface area contributed by atoms with Crippen molar-refractivity contribution in [2.75, 3.05) is 13.1 Å². The van der Waals surface area contributed by atoms with Crippen molar-refractivity contribution in [2.24, 2.45) is 17.8 Å². The Labute approximate surface area is 149 Å². The lowest BCUT2D eigenvalue weighted by Crippen LogP contribution is -2.56. The Morgan fingerprint density at radius 3 is 2.48 bits per heavy atom. The standard InChI is InChI=1S/C21H26N2O2/c1-12-3-4-14(7-13(12)2)19-16-10-23(11-17(16)19)20(25)15-8-21(9-15)6-5-18(24)22-21/h3-4,7,15-17,19H,5-6,8-11H2,1-2H3,(H,22,24)/t15?,16-,17?,19?,21?/m1/s1. The predicted molar refractivity (Wildman–Crippen MR) is 95.0 cm³/mol. The third kappa shape index (κ3) is 2.33. The van der Waals surface area contributed by atoms with Gasteiger partial charge in [-0.1, -0.05) is 18.2 Å². The number of hydrogen-bond acceptors (Lipinski definition) is 2. The summed E-state index contributed by atoms with van der Waals surface area (Å²) in [6.07, 6.45) is 3.25. The molecule has 1 aromatic carbocycles. The summed E-state index contributed by atoms with van der Waals surface area (Å²) in [6, 6.07) is 6.84. The van der Waals surface area contributed by atoms with Crippen molar-refractivity contribution in [2.45, 2.75) is 51.0 Å². The second-order valence-corrected chi connectivity index (χ2v) is 8.87. The summed E-state index contributed by atoms with van der Waals surface area (Å²) in [5.41, 5.74) is 4.14. The van der Waals surface area contributed by atoms with Crippen molar-refractivity contribution in [3.05, 3.63) is 34.9 Å². The molecule has 132 valence electrons. The van der Waals surface area contributed by atoms with Crippen LogP contribution in [0.2, 0.25) is 0 Å². The van der Waals surface area contributed by atoms with Crippen molar-refractivity contribution in [3.63, 3.8) is 0 Å². The predicted octanol–water partition coefficient (Wildman–Crippen LogP) is 2.53. The highest BCUT2D eigenvalue weighted by molar-refractivity contribution is 5.84. The maximum Gasteiger partial charge on any atom is 0.225 e. The van der Waals surface area contributed by atoms with E-state index in [1.807, 2.05) is 0 Å². The summed E-state index contributed by atoms with van der Waals surface area (Å²) in [4.78, 5) is 26.3. The number of likely N-dealkylation sites (tertiary alicyclic amines) is 1. The first-order chi connectivity index (χ1) is 12.0. The van der Waals surface area contributed by atoms with Crippen molar-refractivity contribution in [1.29, 1.82) is 0 Å². The van der Waals surface area contributed by atoms with Gasteiger partial charge in [-0.05, 0) is 67.6 Å². The number of aryl methyl sites for hydroxylation is 2. The Morgan fingerprint density at radius 2 is 1.88 bits per heavy atom. The third-order valence-corrected chi connectivity index (χ3v) is 7.28. The average molecular weight is 338 g/mol. The van der Waals surface area contributed by atoms with Gasteiger partial charge in [0.15, 0.2) is 0 Å². The molecule has 4 heteroatoms. The van der Waals surface area contributed by atoms with Gasteiger partial charge in [-0.3, -0.25) is 9.59 Å². The van der Waals surface area contributed by atoms with E-state index < -0.39 is 0 Å². The smallest absolute Gasteiger partial charge is 0.225 e. The molecule has 4 fully saturated rings. The van der Waals surface area contributed by atoms with Gasteiger partial charge in [0.05, 0.1) is 0 Å². The van der Waals surface area contributed by atoms with Crippen LogP contribution in [0.1, 0.15) is 48.3 Å². The van der Waals surface area contributed by atoms with Gasteiger partial charge in [0.2, 0.25) is 11.8 Å². The van der Waals surface area contributed by atoms with Crippen LogP contribution in [0.4, 0.5) is 0 Å². The molecule has 0 bridgehead atoms. The van der Waals surface area contributed by atoms with E-state index in [1.54, 1.807) is 0 Å². The Morgan fingerprint density at radius 1 is 1.16 bits per heavy atom. The van der Waals surface area contributed by atoms with E-state index in [-0.39, 0.29) is 17.4 Å². The fourth-order valence-corrected chi connectivity index (χ4v) is 5.57. The molecule has 4 aliphatic rings. The van der Waals surface area contributed by atoms with E-state index >= 15 is 0 Å². The zero-order valence-electron chi connectivity index (χ0n) is 15.0. The normalized spacial score (nSPS) is 38.5. The van der Waals surface area contributed by atoms with Crippen LogP contribution in [0.5, 0.6) is 0 Å². The van der Waals surface area contributed by atoms with Gasteiger partial charge in [-0.15, -0.1) is 0 Å². The zero-order valence-corrected chi connectivity index (χ0v) is 15.0. The fraction of sp³-hybridized carbons (Fsp3) is 0.619. The van der Waals surface area contributed by atoms with Crippen LogP contribution in [0.25, 0.3) is 0 Å². The minimum Gasteiger partial charge on any atom is -0.351 e. The molecule has 4 nitrogen and oxygen atoms in total. The van der Waals surface area contributed by atoms with Crippen LogP contribution in [0, 0.1) is 31.6 Å². The van der Waals surface area contributed by atoms with Crippen molar-refractivity contribution < 1.29 is 9.59 Å². The maximum absolute atomic E-state index is 12.8. The molecule has 3 atom stereocenters. The minimum absolute atomic E-state index is 0.0397. The molecular formula is C21H26N2O2. The Bertz CT molecular complexity index is 753. The van der Waals surface area contributed by atoms with Crippen LogP contribution >= 0.6 is 0 Å². The number of piperidine rings is 1. The van der Waals surface area contributed by atoms with Crippen LogP contribution in [-0.4, -0.2) is 35.3 Å². The van der Waals surface area contributed by atoms with E-state index in [9.17, 15) is 9.59 Å². The van der Waals surface area contributed by atoms with Gasteiger partial charge in [-0.25, -0.2) is 0 Å². The van der Waals surface area contributed by atoms with Crippen molar-refractivity contribution in [1.82, 2.24) is 10.2 Å². The van der Waals surface area contributed by atoms with E-state index in [4.69, 9.17) is 0 Å². The molecule has 2 aliphatic heterocycles. The molecule has 2 aliphatic carbocycles. The van der Waals surface area contributed by atoms with E-state index in [0.717, 1.165) is 32.4 Å². The summed E-state index contributed by atoms with van der Waals surface area (Å²) >= 11 is 0. The number of hydrogen-bond donors (Lipinski definition) is 1. The largest absolute Gasteiger partial charge is 0.351 e. The lowest BCUT2D eigenvalue weighted by Gasteiger charge is -2.45. The first-order valence-electron chi connectivity index (χ1n) is 9.63.